The number of methoxy groups -OCH3 is 2. The van der Waals surface area contributed by atoms with E-state index in [-0.39, 0.29) is 89.7 Å². The van der Waals surface area contributed by atoms with Crippen LogP contribution in [0.5, 0.6) is 5.75 Å². The number of benzene rings is 1. The minimum absolute atomic E-state index is 0.00346. The molecule has 2 saturated heterocycles. The van der Waals surface area contributed by atoms with Gasteiger partial charge in [0.05, 0.1) is 49.3 Å². The summed E-state index contributed by atoms with van der Waals surface area (Å²) < 4.78 is 12.1. The number of ether oxygens (including phenoxy) is 2. The molecule has 0 aromatic heterocycles. The fraction of sp³-hybridized carbons (Fsp3) is 0.766. The lowest BCUT2D eigenvalue weighted by atomic mass is 9.79. The van der Waals surface area contributed by atoms with Gasteiger partial charge in [0.1, 0.15) is 11.8 Å². The first-order valence-electron chi connectivity index (χ1n) is 22.7. The predicted octanol–water partition coefficient (Wildman–Crippen LogP) is 5.40. The SMILES string of the molecule is CC[C@H](C)[C@H](CCC(C)C(=O)[C@@H](NC(=O)[C@H](C(C)C)N(C)C)C(C)C)[C@@H](CC(=O)N1CCC[C@H]1[C@H](OC)[C@@H](C)C(=O)N[C@@H](Cc1ccc(O)cc1)C(=O)N1CCCCO1)OC. The van der Waals surface area contributed by atoms with E-state index in [2.05, 4.69) is 24.5 Å². The Morgan fingerprint density at radius 2 is 1.54 bits per heavy atom. The van der Waals surface area contributed by atoms with Gasteiger partial charge in [-0.25, -0.2) is 5.06 Å². The highest BCUT2D eigenvalue weighted by molar-refractivity contribution is 5.92. The Labute approximate surface area is 366 Å². The molecule has 0 spiro atoms. The van der Waals surface area contributed by atoms with Gasteiger partial charge in [0, 0.05) is 39.6 Å². The highest BCUT2D eigenvalue weighted by Crippen LogP contribution is 2.33. The van der Waals surface area contributed by atoms with Gasteiger partial charge in [0.2, 0.25) is 17.7 Å². The van der Waals surface area contributed by atoms with Gasteiger partial charge in [-0.2, -0.15) is 0 Å². The molecule has 1 aromatic carbocycles. The summed E-state index contributed by atoms with van der Waals surface area (Å²) in [6.07, 6.45) is 4.52. The summed E-state index contributed by atoms with van der Waals surface area (Å²) in [5.41, 5.74) is 0.769. The molecule has 1 unspecified atom stereocenters. The number of phenolic OH excluding ortho intramolecular Hbond substituents is 1. The van der Waals surface area contributed by atoms with Crippen molar-refractivity contribution in [3.05, 3.63) is 29.8 Å². The smallest absolute Gasteiger partial charge is 0.269 e. The van der Waals surface area contributed by atoms with Gasteiger partial charge in [-0.3, -0.25) is 33.7 Å². The number of amides is 4. The van der Waals surface area contributed by atoms with E-state index in [1.807, 2.05) is 58.5 Å². The number of likely N-dealkylation sites (N-methyl/N-ethyl adjacent to an activating group) is 1. The largest absolute Gasteiger partial charge is 0.508 e. The summed E-state index contributed by atoms with van der Waals surface area (Å²) in [6.45, 7) is 17.3. The van der Waals surface area contributed by atoms with Crippen molar-refractivity contribution in [2.75, 3.05) is 48.0 Å². The number of carbonyl (C=O) groups is 5. The number of hydrogen-bond acceptors (Lipinski definition) is 10. The topological polar surface area (TPSA) is 167 Å². The third kappa shape index (κ3) is 14.5. The van der Waals surface area contributed by atoms with Crippen LogP contribution in [0.2, 0.25) is 0 Å². The van der Waals surface area contributed by atoms with Gasteiger partial charge in [-0.05, 0) is 94.0 Å². The zero-order valence-electron chi connectivity index (χ0n) is 39.3. The van der Waals surface area contributed by atoms with Crippen molar-refractivity contribution in [2.24, 2.45) is 35.5 Å². The summed E-state index contributed by atoms with van der Waals surface area (Å²) in [4.78, 5) is 78.7. The van der Waals surface area contributed by atoms with Crippen molar-refractivity contribution in [1.82, 2.24) is 25.5 Å². The Kier molecular flexibility index (Phi) is 21.1. The monoisotopic (exact) mass is 858 g/mol. The summed E-state index contributed by atoms with van der Waals surface area (Å²) in [5.74, 6) is -1.62. The van der Waals surface area contributed by atoms with Crippen LogP contribution in [0, 0.1) is 35.5 Å². The number of phenols is 1. The molecule has 346 valence electrons. The number of nitrogens with one attached hydrogen (secondary N) is 2. The van der Waals surface area contributed by atoms with Crippen LogP contribution < -0.4 is 10.6 Å². The standard InChI is InChI=1S/C47H79N5O9/c1-13-31(6)36(23-18-32(7)43(55)41(29(2)3)49-46(57)42(30(4)5)50(9)10)39(59-11)28-40(54)51-24-16-17-38(51)44(60-12)33(8)45(56)48-37(27-34-19-21-35(53)22-20-34)47(58)52-25-14-15-26-61-52/h19-22,29-33,36-39,41-42,44,53H,13-18,23-28H2,1-12H3,(H,48,56)(H,49,57)/t31-,32?,33+,36-,37-,38-,39+,41-,42-,44+/m0/s1. The van der Waals surface area contributed by atoms with E-state index in [1.165, 1.54) is 5.06 Å². The first kappa shape index (κ1) is 51.8. The van der Waals surface area contributed by atoms with Crippen LogP contribution in [0.3, 0.4) is 0 Å². The first-order valence-corrected chi connectivity index (χ1v) is 22.7. The van der Waals surface area contributed by atoms with Crippen molar-refractivity contribution < 1.29 is 43.4 Å². The number of aromatic hydroxyl groups is 1. The molecule has 0 saturated carbocycles. The molecule has 3 N–H and O–H groups in total. The molecule has 2 aliphatic heterocycles. The van der Waals surface area contributed by atoms with Gasteiger partial charge < -0.3 is 30.1 Å². The van der Waals surface area contributed by atoms with E-state index >= 15 is 0 Å². The summed E-state index contributed by atoms with van der Waals surface area (Å²) in [6, 6.07) is 4.31. The third-order valence-electron chi connectivity index (χ3n) is 13.1. The van der Waals surface area contributed by atoms with Gasteiger partial charge >= 0.3 is 0 Å². The molecule has 2 heterocycles. The predicted molar refractivity (Wildman–Crippen MR) is 236 cm³/mol. The molecular formula is C47H79N5O9. The Morgan fingerprint density at radius 1 is 0.869 bits per heavy atom. The zero-order valence-corrected chi connectivity index (χ0v) is 39.3. The number of nitrogens with zero attached hydrogens (tertiary/aromatic N) is 3. The maximum Gasteiger partial charge on any atom is 0.269 e. The molecular weight excluding hydrogens is 779 g/mol. The van der Waals surface area contributed by atoms with Crippen molar-refractivity contribution in [3.63, 3.8) is 0 Å². The minimum Gasteiger partial charge on any atom is -0.508 e. The maximum atomic E-state index is 14.3. The van der Waals surface area contributed by atoms with E-state index in [4.69, 9.17) is 14.3 Å². The van der Waals surface area contributed by atoms with Crippen LogP contribution in [0.4, 0.5) is 0 Å². The van der Waals surface area contributed by atoms with Crippen molar-refractivity contribution in [3.8, 4) is 5.75 Å². The average Bonchev–Trinajstić information content (AvgIpc) is 3.72. The van der Waals surface area contributed by atoms with Crippen LogP contribution in [0.1, 0.15) is 112 Å². The lowest BCUT2D eigenvalue weighted by Gasteiger charge is -2.37. The summed E-state index contributed by atoms with van der Waals surface area (Å²) in [7, 11) is 6.94. The number of hydroxylamine groups is 2. The number of ketones is 1. The van der Waals surface area contributed by atoms with Crippen LogP contribution in [-0.2, 0) is 44.7 Å². The van der Waals surface area contributed by atoms with Gasteiger partial charge in [0.25, 0.3) is 5.91 Å². The maximum absolute atomic E-state index is 14.3. The van der Waals surface area contributed by atoms with Crippen LogP contribution >= 0.6 is 0 Å². The highest BCUT2D eigenvalue weighted by Gasteiger charge is 2.42. The van der Waals surface area contributed by atoms with Crippen LogP contribution in [0.25, 0.3) is 0 Å². The molecule has 14 heteroatoms. The number of hydrogen-bond donors (Lipinski definition) is 3. The van der Waals surface area contributed by atoms with Gasteiger partial charge in [-0.1, -0.05) is 73.9 Å². The summed E-state index contributed by atoms with van der Waals surface area (Å²) >= 11 is 0. The first-order chi connectivity index (χ1) is 28.9. The van der Waals surface area contributed by atoms with E-state index < -0.39 is 30.2 Å². The van der Waals surface area contributed by atoms with Crippen LogP contribution in [0.15, 0.2) is 24.3 Å². The molecule has 10 atom stereocenters. The lowest BCUT2D eigenvalue weighted by molar-refractivity contribution is -0.199. The fourth-order valence-electron chi connectivity index (χ4n) is 9.27. The van der Waals surface area contributed by atoms with E-state index in [9.17, 15) is 29.1 Å². The zero-order chi connectivity index (χ0) is 45.6. The second kappa shape index (κ2) is 24.9. The lowest BCUT2D eigenvalue weighted by Crippen LogP contribution is -2.55. The van der Waals surface area contributed by atoms with Gasteiger partial charge in [0.15, 0.2) is 5.78 Å². The quantitative estimate of drug-likeness (QED) is 0.123. The Hall–Kier alpha value is -3.59. The minimum atomic E-state index is -0.912. The molecule has 61 heavy (non-hydrogen) atoms. The molecule has 0 aliphatic carbocycles. The number of Topliss-reactive ketones (excluding diaryl/α,β-unsaturated/α-hetero) is 1. The number of rotatable bonds is 24. The highest BCUT2D eigenvalue weighted by atomic mass is 16.7. The molecule has 0 bridgehead atoms. The molecule has 2 fully saturated rings. The number of carbonyl (C=O) groups excluding carboxylic acids is 5. The fourth-order valence-corrected chi connectivity index (χ4v) is 9.27. The molecule has 2 aliphatic rings. The second-order valence-electron chi connectivity index (χ2n) is 18.5. The second-order valence-corrected chi connectivity index (χ2v) is 18.5. The molecule has 3 rings (SSSR count). The van der Waals surface area contributed by atoms with Gasteiger partial charge in [-0.15, -0.1) is 0 Å². The van der Waals surface area contributed by atoms with E-state index in [0.29, 0.717) is 39.0 Å². The molecule has 1 aromatic rings. The average molecular weight is 858 g/mol. The van der Waals surface area contributed by atoms with Crippen molar-refractivity contribution in [1.29, 1.82) is 0 Å². The Bertz CT molecular complexity index is 1540. The Balaban J connectivity index is 1.73. The Morgan fingerprint density at radius 3 is 2.08 bits per heavy atom. The molecule has 0 radical (unpaired) electrons. The van der Waals surface area contributed by atoms with Crippen molar-refractivity contribution >= 4 is 29.4 Å². The molecule has 4 amide bonds. The normalized spacial score (nSPS) is 20.4. The third-order valence-corrected chi connectivity index (χ3v) is 13.1. The summed E-state index contributed by atoms with van der Waals surface area (Å²) in [5, 5.41) is 17.2. The van der Waals surface area contributed by atoms with Crippen LogP contribution in [-0.4, -0.2) is 134 Å². The van der Waals surface area contributed by atoms with E-state index in [0.717, 1.165) is 31.2 Å². The molecule has 14 nitrogen and oxygen atoms in total. The van der Waals surface area contributed by atoms with E-state index in [1.54, 1.807) is 45.4 Å². The van der Waals surface area contributed by atoms with Crippen molar-refractivity contribution in [2.45, 2.75) is 150 Å². The number of likely N-dealkylation sites (tertiary alicyclic amines) is 1.